The number of aromatic nitrogens is 12. The minimum Gasteiger partial charge on any atom is -0.481 e. The largest absolute Gasteiger partial charge is 0.488 e. The SMILES string of the molecule is CCOC(=O)Cc1cn(Cc2csc3ccc(Cl)cc23)c2cc(-c3nc(N)nc(N)n3)ccc12.CCOC(=O)Cc1cn(Cc2csc3ccc(Cl)cc23)c2cc(B(O)O)ccc12.Nc1nc(N)nc(-c2ccc3c(CC(=O)O)cn(Cc4csc5ccc(Cl)cc45)c3c2)n1.Nc1nc(N)nc(Cl)n1. The van der Waals surface area contributed by atoms with Crippen LogP contribution in [-0.2, 0) is 62.8 Å². The normalized spacial score (nSPS) is 11.2. The van der Waals surface area contributed by atoms with Gasteiger partial charge in [0.15, 0.2) is 11.6 Å². The molecule has 0 bridgehead atoms. The second kappa shape index (κ2) is 31.8. The van der Waals surface area contributed by atoms with Crippen molar-refractivity contribution in [3.8, 4) is 22.8 Å². The maximum absolute atomic E-state index is 12.3. The number of carboxylic acid groups (broad SMARTS) is 1. The lowest BCUT2D eigenvalue weighted by atomic mass is 9.80. The lowest BCUT2D eigenvalue weighted by Gasteiger charge is -2.07. The molecule has 0 atom stereocenters. The highest BCUT2D eigenvalue weighted by molar-refractivity contribution is 7.18. The minimum atomic E-state index is -1.56. The second-order valence-electron chi connectivity index (χ2n) is 23.3. The molecule has 0 unspecified atom stereocenters. The number of nitrogens with two attached hydrogens (primary N) is 6. The molecule has 0 aliphatic carbocycles. The molecule has 26 nitrogen and oxygen atoms in total. The number of fused-ring (bicyclic) bond motifs is 6. The Kier molecular flexibility index (Phi) is 22.3. The molecule has 528 valence electrons. The summed E-state index contributed by atoms with van der Waals surface area (Å²) in [7, 11) is -1.56. The molecule has 15 N–H and O–H groups in total. The molecule has 9 heterocycles. The van der Waals surface area contributed by atoms with Crippen LogP contribution in [0, 0.1) is 0 Å². The second-order valence-corrected chi connectivity index (χ2v) is 27.7. The van der Waals surface area contributed by atoms with Gasteiger partial charge in [-0.05, 0) is 169 Å². The van der Waals surface area contributed by atoms with Gasteiger partial charge >= 0.3 is 25.0 Å². The number of halogens is 4. The number of hydrogen-bond donors (Lipinski definition) is 9. The van der Waals surface area contributed by atoms with Crippen LogP contribution in [0.25, 0.3) is 85.7 Å². The molecule has 0 saturated carbocycles. The number of benzene rings is 6. The average Bonchev–Trinajstić information content (AvgIpc) is 1.63. The van der Waals surface area contributed by atoms with Gasteiger partial charge in [0.2, 0.25) is 41.0 Å². The van der Waals surface area contributed by atoms with Crippen molar-refractivity contribution in [3.05, 3.63) is 198 Å². The number of aliphatic carboxylic acids is 1. The van der Waals surface area contributed by atoms with Crippen molar-refractivity contribution in [1.82, 2.24) is 58.6 Å². The molecule has 34 heteroatoms. The van der Waals surface area contributed by atoms with E-state index in [4.69, 9.17) is 90.3 Å². The van der Waals surface area contributed by atoms with Gasteiger partial charge in [0.1, 0.15) is 0 Å². The zero-order valence-corrected chi connectivity index (χ0v) is 60.5. The number of carbonyl (C=O) groups excluding carboxylic acids is 2. The molecular weight excluding hydrogens is 1470 g/mol. The van der Waals surface area contributed by atoms with Gasteiger partial charge in [-0.15, -0.1) is 34.0 Å². The Balaban J connectivity index is 0.000000138. The zero-order valence-electron chi connectivity index (χ0n) is 55.0. The number of carbonyl (C=O) groups is 3. The molecule has 0 aliphatic heterocycles. The highest BCUT2D eigenvalue weighted by Crippen LogP contribution is 2.37. The summed E-state index contributed by atoms with van der Waals surface area (Å²) in [5, 5.41) is 42.9. The molecule has 0 radical (unpaired) electrons. The van der Waals surface area contributed by atoms with E-state index in [0.717, 1.165) is 97.2 Å². The molecule has 104 heavy (non-hydrogen) atoms. The Morgan fingerprint density at radius 3 is 1.10 bits per heavy atom. The number of rotatable bonds is 17. The van der Waals surface area contributed by atoms with E-state index in [1.54, 1.807) is 60.0 Å². The zero-order chi connectivity index (χ0) is 73.6. The van der Waals surface area contributed by atoms with Crippen molar-refractivity contribution in [3.63, 3.8) is 0 Å². The van der Waals surface area contributed by atoms with E-state index in [1.165, 1.54) is 4.70 Å². The quantitative estimate of drug-likeness (QED) is 0.0302. The number of anilines is 6. The Morgan fingerprint density at radius 2 is 0.760 bits per heavy atom. The standard InChI is InChI=1S/C24H21ClN6O2S.C22H17ClN6O2S.C21H19BClNO4S.C3H4ClN5/c1-2-33-21(32)8-14-10-31(11-15-12-34-20-6-4-16(25)9-18(15)20)19-7-13(3-5-17(14)19)22-28-23(26)30-24(27)29-22;23-14-2-4-18-16(7-14)13(10-32-18)9-29-8-12(6-19(30)31)15-3-1-11(5-17(15)29)20-26-21(24)28-22(25)27-20;1-2-28-21(25)7-13-10-24(19-8-15(22(26)27)3-5-17(13)19)11-14-12-29-20-6-4-16(23)9-18(14)20;4-1-7-2(5)9-3(6)8-1/h3-7,9-10,12H,2,8,11H2,1H3,(H4,26,27,28,29,30);1-5,7-8,10H,6,9H2,(H,30,31)(H4,24,25,26,27,28);3-6,8-10,12,26-27H,2,7,11H2,1H3;(H4,5,6,7,8,9). The predicted molar refractivity (Wildman–Crippen MR) is 414 cm³/mol. The smallest absolute Gasteiger partial charge is 0.481 e. The van der Waals surface area contributed by atoms with Gasteiger partial charge in [0.05, 0.1) is 32.5 Å². The van der Waals surface area contributed by atoms with Gasteiger partial charge in [-0.1, -0.05) is 71.2 Å². The highest BCUT2D eigenvalue weighted by atomic mass is 35.5. The summed E-state index contributed by atoms with van der Waals surface area (Å²) in [5.74, 6) is -0.435. The third-order valence-electron chi connectivity index (χ3n) is 16.2. The van der Waals surface area contributed by atoms with Crippen LogP contribution < -0.4 is 39.9 Å². The van der Waals surface area contributed by atoms with Crippen LogP contribution in [0.4, 0.5) is 35.7 Å². The van der Waals surface area contributed by atoms with E-state index >= 15 is 0 Å². The maximum atomic E-state index is 12.3. The average molecular weight is 1530 g/mol. The van der Waals surface area contributed by atoms with Gasteiger partial charge in [-0.3, -0.25) is 14.4 Å². The lowest BCUT2D eigenvalue weighted by Crippen LogP contribution is -2.29. The van der Waals surface area contributed by atoms with Crippen molar-refractivity contribution in [1.29, 1.82) is 0 Å². The maximum Gasteiger partial charge on any atom is 0.488 e. The van der Waals surface area contributed by atoms with E-state index < -0.39 is 13.1 Å². The first kappa shape index (κ1) is 73.0. The Hall–Kier alpha value is -10.8. The van der Waals surface area contributed by atoms with Crippen molar-refractivity contribution in [2.45, 2.75) is 52.7 Å². The fourth-order valence-corrected chi connectivity index (χ4v) is 15.3. The molecule has 15 aromatic rings. The van der Waals surface area contributed by atoms with Crippen molar-refractivity contribution in [2.24, 2.45) is 0 Å². The molecule has 0 fully saturated rings. The number of carboxylic acids is 1. The third-order valence-corrected chi connectivity index (χ3v) is 20.1. The topological polar surface area (TPSA) is 417 Å². The predicted octanol–water partition coefficient (Wildman–Crippen LogP) is 11.9. The molecule has 0 aliphatic rings. The molecule has 0 amide bonds. The number of nitrogen functional groups attached to an aromatic ring is 6. The Morgan fingerprint density at radius 1 is 0.423 bits per heavy atom. The van der Waals surface area contributed by atoms with Crippen molar-refractivity contribution in [2.75, 3.05) is 47.6 Å². The van der Waals surface area contributed by atoms with Gasteiger partial charge in [-0.2, -0.15) is 44.9 Å². The molecule has 9 aromatic heterocycles. The summed E-state index contributed by atoms with van der Waals surface area (Å²) in [6, 6.07) is 34.2. The first-order valence-corrected chi connectivity index (χ1v) is 35.8. The number of hydrogen-bond acceptors (Lipinski definition) is 25. The van der Waals surface area contributed by atoms with Crippen LogP contribution in [0.1, 0.15) is 47.2 Å². The molecular formula is C70H61BCl4N18O8S3. The van der Waals surface area contributed by atoms with Crippen LogP contribution in [0.3, 0.4) is 0 Å². The van der Waals surface area contributed by atoms with Gasteiger partial charge in [0.25, 0.3) is 0 Å². The van der Waals surface area contributed by atoms with Crippen LogP contribution in [0.15, 0.2) is 144 Å². The summed E-state index contributed by atoms with van der Waals surface area (Å²) in [5.41, 5.74) is 43.5. The van der Waals surface area contributed by atoms with Gasteiger partial charge in [0, 0.05) is 111 Å². The summed E-state index contributed by atoms with van der Waals surface area (Å²) in [6.07, 6.45) is 6.07. The minimum absolute atomic E-state index is 0.0139. The Bertz CT molecular complexity index is 5680. The molecule has 0 spiro atoms. The summed E-state index contributed by atoms with van der Waals surface area (Å²) in [6.45, 7) is 5.98. The van der Waals surface area contributed by atoms with Gasteiger partial charge < -0.3 is 72.7 Å². The van der Waals surface area contributed by atoms with Crippen molar-refractivity contribution < 1.29 is 39.0 Å². The van der Waals surface area contributed by atoms with Crippen LogP contribution >= 0.6 is 80.4 Å². The first-order valence-electron chi connectivity index (χ1n) is 31.6. The first-order chi connectivity index (χ1) is 49.9. The van der Waals surface area contributed by atoms with E-state index in [1.807, 2.05) is 125 Å². The monoisotopic (exact) mass is 1530 g/mol. The lowest BCUT2D eigenvalue weighted by molar-refractivity contribution is -0.143. The van der Waals surface area contributed by atoms with E-state index in [0.29, 0.717) is 70.6 Å². The number of ether oxygens (including phenoxy) is 2. The van der Waals surface area contributed by atoms with Gasteiger partial charge in [-0.25, -0.2) is 0 Å². The number of thiophene rings is 3. The fourth-order valence-electron chi connectivity index (χ4n) is 11.8. The highest BCUT2D eigenvalue weighted by Gasteiger charge is 2.22. The van der Waals surface area contributed by atoms with E-state index in [-0.39, 0.29) is 72.2 Å². The van der Waals surface area contributed by atoms with E-state index in [2.05, 4.69) is 65.6 Å². The van der Waals surface area contributed by atoms with Crippen molar-refractivity contribution >= 4 is 210 Å². The summed E-state index contributed by atoms with van der Waals surface area (Å²) >= 11 is 29.0. The molecule has 15 rings (SSSR count). The Labute approximate surface area is 623 Å². The third kappa shape index (κ3) is 17.1. The fraction of sp³-hybridized carbons (Fsp3) is 0.143. The van der Waals surface area contributed by atoms with E-state index in [9.17, 15) is 29.5 Å². The number of esters is 2. The molecule has 6 aromatic carbocycles. The molecule has 0 saturated heterocycles. The number of nitrogens with zero attached hydrogens (tertiary/aromatic N) is 12. The van der Waals surface area contributed by atoms with Crippen LogP contribution in [0.2, 0.25) is 20.4 Å². The van der Waals surface area contributed by atoms with Crippen LogP contribution in [0.5, 0.6) is 0 Å². The van der Waals surface area contributed by atoms with Crippen LogP contribution in [-0.4, -0.2) is 112 Å². The summed E-state index contributed by atoms with van der Waals surface area (Å²) < 4.78 is 19.9. The summed E-state index contributed by atoms with van der Waals surface area (Å²) in [4.78, 5) is 70.7.